The van der Waals surface area contributed by atoms with Gasteiger partial charge in [0.1, 0.15) is 11.8 Å². The molecule has 0 saturated carbocycles. The monoisotopic (exact) mass is 693 g/mol. The van der Waals surface area contributed by atoms with Crippen molar-refractivity contribution < 1.29 is 33.7 Å². The van der Waals surface area contributed by atoms with Crippen molar-refractivity contribution in [3.05, 3.63) is 49.5 Å². The number of amides is 2. The Balaban J connectivity index is 2.09. The largest absolute Gasteiger partial charge is 0.490 e. The van der Waals surface area contributed by atoms with E-state index in [9.17, 15) is 14.4 Å². The molecule has 0 heterocycles. The summed E-state index contributed by atoms with van der Waals surface area (Å²) < 4.78 is 17.2. The van der Waals surface area contributed by atoms with Crippen LogP contribution in [0.25, 0.3) is 0 Å². The zero-order chi connectivity index (χ0) is 29.1. The minimum atomic E-state index is -1.11. The highest BCUT2D eigenvalue weighted by Gasteiger charge is 2.25. The Hall–Kier alpha value is -2.77. The minimum Gasteiger partial charge on any atom is -0.490 e. The van der Waals surface area contributed by atoms with E-state index in [1.807, 2.05) is 36.4 Å². The molecule has 0 unspecified atom stereocenters. The third-order valence-electron chi connectivity index (χ3n) is 4.97. The lowest BCUT2D eigenvalue weighted by Crippen LogP contribution is -2.49. The summed E-state index contributed by atoms with van der Waals surface area (Å²) in [6.45, 7) is 7.00. The molecule has 0 aliphatic rings. The number of ether oxygens (including phenoxy) is 3. The van der Waals surface area contributed by atoms with Crippen molar-refractivity contribution in [2.75, 3.05) is 13.2 Å². The molecule has 0 aromatic heterocycles. The fourth-order valence-corrected chi connectivity index (χ4v) is 4.49. The van der Waals surface area contributed by atoms with Gasteiger partial charge in [0, 0.05) is 5.02 Å². The standard InChI is InChI=1S/C26H30Cl2IN3O7/c1-5-37-22-10-16(9-19(29)24(22)38-13-23(33)34)12-30-32-26(36)20(8-14(2)3)31-25(35)15(4)39-21-7-6-17(27)11-18(21)28/h6-7,9-12,14-15,20H,5,8,13H2,1-4H3,(H,31,35)(H,32,36)(H,33,34)/b30-12-/t15-,20+/m1/s1. The summed E-state index contributed by atoms with van der Waals surface area (Å²) in [7, 11) is 0. The number of carbonyl (C=O) groups is 3. The highest BCUT2D eigenvalue weighted by Crippen LogP contribution is 2.34. The molecule has 39 heavy (non-hydrogen) atoms. The molecule has 0 bridgehead atoms. The van der Waals surface area contributed by atoms with Gasteiger partial charge >= 0.3 is 5.97 Å². The molecule has 0 aliphatic carbocycles. The van der Waals surface area contributed by atoms with Crippen LogP contribution in [0.15, 0.2) is 35.4 Å². The molecule has 212 valence electrons. The Morgan fingerprint density at radius 2 is 1.79 bits per heavy atom. The van der Waals surface area contributed by atoms with E-state index >= 15 is 0 Å². The summed E-state index contributed by atoms with van der Waals surface area (Å²) in [4.78, 5) is 36.6. The van der Waals surface area contributed by atoms with Gasteiger partial charge in [-0.3, -0.25) is 9.59 Å². The molecule has 2 atom stereocenters. The van der Waals surface area contributed by atoms with Gasteiger partial charge in [-0.25, -0.2) is 10.2 Å². The van der Waals surface area contributed by atoms with E-state index in [4.69, 9.17) is 42.5 Å². The van der Waals surface area contributed by atoms with E-state index in [0.29, 0.717) is 44.4 Å². The SMILES string of the molecule is CCOc1cc(/C=N\NC(=O)[C@H](CC(C)C)NC(=O)[C@@H](C)Oc2ccc(Cl)cc2Cl)cc(I)c1OCC(=O)O. The fourth-order valence-electron chi connectivity index (χ4n) is 3.25. The first kappa shape index (κ1) is 32.4. The third-order valence-corrected chi connectivity index (χ3v) is 6.30. The smallest absolute Gasteiger partial charge is 0.341 e. The van der Waals surface area contributed by atoms with Crippen LogP contribution < -0.4 is 25.0 Å². The average molecular weight is 694 g/mol. The molecule has 3 N–H and O–H groups in total. The van der Waals surface area contributed by atoms with Gasteiger partial charge in [-0.1, -0.05) is 37.0 Å². The minimum absolute atomic E-state index is 0.0978. The maximum Gasteiger partial charge on any atom is 0.341 e. The Kier molecular flexibility index (Phi) is 13.1. The average Bonchev–Trinajstić information content (AvgIpc) is 2.84. The lowest BCUT2D eigenvalue weighted by Gasteiger charge is -2.22. The Labute approximate surface area is 250 Å². The number of hydrazone groups is 1. The van der Waals surface area contributed by atoms with Crippen LogP contribution in [0.2, 0.25) is 10.0 Å². The molecule has 0 spiro atoms. The molecule has 2 aromatic carbocycles. The second kappa shape index (κ2) is 15.7. The van der Waals surface area contributed by atoms with Crippen LogP contribution in [0.3, 0.4) is 0 Å². The first-order chi connectivity index (χ1) is 18.4. The number of carboxylic acids is 1. The van der Waals surface area contributed by atoms with Gasteiger partial charge in [0.25, 0.3) is 11.8 Å². The number of carbonyl (C=O) groups excluding carboxylic acids is 2. The molecular formula is C26H30Cl2IN3O7. The summed E-state index contributed by atoms with van der Waals surface area (Å²) >= 11 is 14.0. The topological polar surface area (TPSA) is 136 Å². The number of halogens is 3. The maximum atomic E-state index is 12.9. The van der Waals surface area contributed by atoms with Gasteiger partial charge in [-0.05, 0) is 84.7 Å². The molecule has 2 rings (SSSR count). The maximum absolute atomic E-state index is 12.9. The summed E-state index contributed by atoms with van der Waals surface area (Å²) in [6.07, 6.45) is 0.839. The van der Waals surface area contributed by atoms with Crippen molar-refractivity contribution in [2.45, 2.75) is 46.3 Å². The third kappa shape index (κ3) is 10.7. The van der Waals surface area contributed by atoms with Crippen LogP contribution in [-0.2, 0) is 14.4 Å². The van der Waals surface area contributed by atoms with E-state index < -0.39 is 36.5 Å². The zero-order valence-corrected chi connectivity index (χ0v) is 25.5. The number of aliphatic carboxylic acids is 1. The van der Waals surface area contributed by atoms with Crippen molar-refractivity contribution >= 4 is 69.8 Å². The van der Waals surface area contributed by atoms with E-state index in [1.54, 1.807) is 38.1 Å². The van der Waals surface area contributed by atoms with Crippen LogP contribution in [0, 0.1) is 9.49 Å². The quantitative estimate of drug-likeness (QED) is 0.145. The summed E-state index contributed by atoms with van der Waals surface area (Å²) in [5.74, 6) is -1.08. The van der Waals surface area contributed by atoms with Crippen LogP contribution in [-0.4, -0.2) is 54.5 Å². The zero-order valence-electron chi connectivity index (χ0n) is 21.8. The number of carboxylic acid groups (broad SMARTS) is 1. The number of rotatable bonds is 14. The molecule has 2 aromatic rings. The predicted molar refractivity (Wildman–Crippen MR) is 157 cm³/mol. The van der Waals surface area contributed by atoms with Crippen molar-refractivity contribution in [1.29, 1.82) is 0 Å². The molecule has 10 nitrogen and oxygen atoms in total. The first-order valence-corrected chi connectivity index (χ1v) is 13.8. The van der Waals surface area contributed by atoms with Crippen LogP contribution in [0.1, 0.15) is 39.7 Å². The summed E-state index contributed by atoms with van der Waals surface area (Å²) in [5, 5.41) is 16.3. The number of nitrogens with zero attached hydrogens (tertiary/aromatic N) is 1. The molecule has 0 radical (unpaired) electrons. The Morgan fingerprint density at radius 1 is 1.08 bits per heavy atom. The normalized spacial score (nSPS) is 12.6. The van der Waals surface area contributed by atoms with Gasteiger partial charge in [-0.15, -0.1) is 0 Å². The van der Waals surface area contributed by atoms with Crippen molar-refractivity contribution in [3.63, 3.8) is 0 Å². The molecular weight excluding hydrogens is 664 g/mol. The Morgan fingerprint density at radius 3 is 2.41 bits per heavy atom. The number of nitrogens with one attached hydrogen (secondary N) is 2. The molecule has 0 saturated heterocycles. The van der Waals surface area contributed by atoms with Gasteiger partial charge in [0.2, 0.25) is 0 Å². The van der Waals surface area contributed by atoms with Crippen LogP contribution >= 0.6 is 45.8 Å². The molecule has 0 aliphatic heterocycles. The Bertz CT molecular complexity index is 1210. The van der Waals surface area contributed by atoms with Crippen molar-refractivity contribution in [1.82, 2.24) is 10.7 Å². The molecule has 13 heteroatoms. The second-order valence-electron chi connectivity index (χ2n) is 8.71. The first-order valence-electron chi connectivity index (χ1n) is 12.0. The highest BCUT2D eigenvalue weighted by atomic mass is 127. The van der Waals surface area contributed by atoms with Crippen LogP contribution in [0.4, 0.5) is 0 Å². The second-order valence-corrected chi connectivity index (χ2v) is 10.7. The molecule has 0 fully saturated rings. The van der Waals surface area contributed by atoms with E-state index in [2.05, 4.69) is 15.8 Å². The lowest BCUT2D eigenvalue weighted by molar-refractivity contribution is -0.139. The van der Waals surface area contributed by atoms with Crippen LogP contribution in [0.5, 0.6) is 17.2 Å². The van der Waals surface area contributed by atoms with Gasteiger partial charge in [-0.2, -0.15) is 5.10 Å². The van der Waals surface area contributed by atoms with Gasteiger partial charge < -0.3 is 24.6 Å². The van der Waals surface area contributed by atoms with Gasteiger partial charge in [0.15, 0.2) is 24.2 Å². The number of hydrogen-bond donors (Lipinski definition) is 3. The van der Waals surface area contributed by atoms with Gasteiger partial charge in [0.05, 0.1) is 21.4 Å². The summed E-state index contributed by atoms with van der Waals surface area (Å²) in [5.41, 5.74) is 3.04. The van der Waals surface area contributed by atoms with Crippen molar-refractivity contribution in [3.8, 4) is 17.2 Å². The van der Waals surface area contributed by atoms with Crippen molar-refractivity contribution in [2.24, 2.45) is 11.0 Å². The summed E-state index contributed by atoms with van der Waals surface area (Å²) in [6, 6.07) is 7.11. The number of hydrogen-bond acceptors (Lipinski definition) is 7. The number of benzene rings is 2. The van der Waals surface area contributed by atoms with E-state index in [1.165, 1.54) is 12.3 Å². The lowest BCUT2D eigenvalue weighted by atomic mass is 10.0. The molecule has 2 amide bonds. The predicted octanol–water partition coefficient (Wildman–Crippen LogP) is 4.91. The van der Waals surface area contributed by atoms with E-state index in [-0.39, 0.29) is 10.9 Å². The fraction of sp³-hybridized carbons (Fsp3) is 0.385. The highest BCUT2D eigenvalue weighted by molar-refractivity contribution is 14.1. The van der Waals surface area contributed by atoms with E-state index in [0.717, 1.165) is 0 Å².